The van der Waals surface area contributed by atoms with E-state index >= 15 is 0 Å². The first kappa shape index (κ1) is 13.5. The molecule has 86 valence electrons. The molecule has 0 aliphatic rings. The fourth-order valence-corrected chi connectivity index (χ4v) is 1.92. The van der Waals surface area contributed by atoms with Crippen LogP contribution in [0.2, 0.25) is 5.02 Å². The molecule has 0 aromatic heterocycles. The van der Waals surface area contributed by atoms with Gasteiger partial charge in [0.2, 0.25) is 0 Å². The minimum absolute atomic E-state index is 0.0962. The molecule has 0 heterocycles. The Morgan fingerprint density at radius 2 is 2.31 bits per heavy atom. The van der Waals surface area contributed by atoms with E-state index in [4.69, 9.17) is 23.9 Å². The number of hydrogen-bond donors (Lipinski definition) is 2. The number of nitrogens with two attached hydrogens (primary N) is 1. The molecular formula is C12H14BrClN2. The van der Waals surface area contributed by atoms with E-state index in [0.29, 0.717) is 5.02 Å². The smallest absolute Gasteiger partial charge is 0.0551 e. The number of nitrogens with one attached hydrogen (secondary N) is 1. The molecule has 1 aromatic carbocycles. The number of benzene rings is 1. The van der Waals surface area contributed by atoms with Crippen LogP contribution in [0.5, 0.6) is 0 Å². The van der Waals surface area contributed by atoms with E-state index < -0.39 is 0 Å². The largest absolute Gasteiger partial charge is 0.271 e. The zero-order valence-electron chi connectivity index (χ0n) is 8.84. The third-order valence-corrected chi connectivity index (χ3v) is 3.59. The van der Waals surface area contributed by atoms with Crippen molar-refractivity contribution in [1.29, 1.82) is 0 Å². The summed E-state index contributed by atoms with van der Waals surface area (Å²) in [6, 6.07) is 5.92. The highest BCUT2D eigenvalue weighted by Crippen LogP contribution is 2.27. The van der Waals surface area contributed by atoms with Crippen molar-refractivity contribution in [2.45, 2.75) is 25.3 Å². The van der Waals surface area contributed by atoms with Gasteiger partial charge in [0.25, 0.3) is 0 Å². The van der Waals surface area contributed by atoms with Gasteiger partial charge in [0.05, 0.1) is 5.02 Å². The molecule has 1 atom stereocenters. The van der Waals surface area contributed by atoms with E-state index in [1.807, 2.05) is 18.2 Å². The average Bonchev–Trinajstić information content (AvgIpc) is 2.29. The van der Waals surface area contributed by atoms with Crippen LogP contribution in [-0.2, 0) is 0 Å². The number of rotatable bonds is 5. The summed E-state index contributed by atoms with van der Waals surface area (Å²) < 4.78 is 0.886. The van der Waals surface area contributed by atoms with Gasteiger partial charge in [-0.15, -0.1) is 12.3 Å². The van der Waals surface area contributed by atoms with Gasteiger partial charge in [0.1, 0.15) is 0 Å². The van der Waals surface area contributed by atoms with Crippen LogP contribution in [0, 0.1) is 12.3 Å². The van der Waals surface area contributed by atoms with Crippen LogP contribution in [0.4, 0.5) is 0 Å². The summed E-state index contributed by atoms with van der Waals surface area (Å²) in [5, 5.41) is 0.690. The van der Waals surface area contributed by atoms with Crippen molar-refractivity contribution in [2.24, 2.45) is 5.84 Å². The van der Waals surface area contributed by atoms with E-state index in [1.165, 1.54) is 0 Å². The number of unbranched alkanes of at least 4 members (excludes halogenated alkanes) is 1. The molecular weight excluding hydrogens is 288 g/mol. The monoisotopic (exact) mass is 300 g/mol. The van der Waals surface area contributed by atoms with Gasteiger partial charge >= 0.3 is 0 Å². The van der Waals surface area contributed by atoms with Crippen LogP contribution in [-0.4, -0.2) is 0 Å². The van der Waals surface area contributed by atoms with Crippen molar-refractivity contribution in [3.05, 3.63) is 33.3 Å². The van der Waals surface area contributed by atoms with Crippen LogP contribution in [0.1, 0.15) is 30.9 Å². The van der Waals surface area contributed by atoms with Gasteiger partial charge in [-0.25, -0.2) is 0 Å². The fourth-order valence-electron chi connectivity index (χ4n) is 1.48. The first-order valence-corrected chi connectivity index (χ1v) is 6.20. The van der Waals surface area contributed by atoms with Crippen LogP contribution >= 0.6 is 27.5 Å². The maximum Gasteiger partial charge on any atom is 0.0551 e. The lowest BCUT2D eigenvalue weighted by Gasteiger charge is -2.16. The van der Waals surface area contributed by atoms with Crippen molar-refractivity contribution in [3.8, 4) is 12.3 Å². The Labute approximate surface area is 110 Å². The van der Waals surface area contributed by atoms with Gasteiger partial charge in [-0.05, 0) is 46.5 Å². The lowest BCUT2D eigenvalue weighted by molar-refractivity contribution is 0.502. The molecule has 0 bridgehead atoms. The highest BCUT2D eigenvalue weighted by Gasteiger charge is 2.10. The summed E-state index contributed by atoms with van der Waals surface area (Å²) in [7, 11) is 0. The Kier molecular flexibility index (Phi) is 5.86. The second-order valence-corrected chi connectivity index (χ2v) is 4.75. The average molecular weight is 302 g/mol. The summed E-state index contributed by atoms with van der Waals surface area (Å²) in [6.45, 7) is 0. The molecule has 0 aliphatic carbocycles. The minimum Gasteiger partial charge on any atom is -0.271 e. The maximum absolute atomic E-state index is 6.03. The van der Waals surface area contributed by atoms with Crippen molar-refractivity contribution in [3.63, 3.8) is 0 Å². The predicted molar refractivity (Wildman–Crippen MR) is 71.9 cm³/mol. The van der Waals surface area contributed by atoms with Gasteiger partial charge < -0.3 is 0 Å². The molecule has 3 N–H and O–H groups in total. The topological polar surface area (TPSA) is 38.0 Å². The molecule has 0 amide bonds. The highest BCUT2D eigenvalue weighted by atomic mass is 79.9. The van der Waals surface area contributed by atoms with Crippen molar-refractivity contribution >= 4 is 27.5 Å². The van der Waals surface area contributed by atoms with Gasteiger partial charge in [0.15, 0.2) is 0 Å². The zero-order valence-corrected chi connectivity index (χ0v) is 11.2. The summed E-state index contributed by atoms with van der Waals surface area (Å²) in [6.07, 6.45) is 7.82. The van der Waals surface area contributed by atoms with Crippen LogP contribution in [0.15, 0.2) is 22.7 Å². The van der Waals surface area contributed by atoms with Gasteiger partial charge in [-0.2, -0.15) is 0 Å². The predicted octanol–water partition coefficient (Wildman–Crippen LogP) is 3.41. The Morgan fingerprint density at radius 3 is 2.88 bits per heavy atom. The first-order valence-electron chi connectivity index (χ1n) is 5.03. The number of halogens is 2. The molecule has 1 rings (SSSR count). The van der Waals surface area contributed by atoms with Crippen molar-refractivity contribution in [1.82, 2.24) is 5.43 Å². The zero-order chi connectivity index (χ0) is 12.0. The van der Waals surface area contributed by atoms with Gasteiger partial charge in [-0.3, -0.25) is 11.3 Å². The second-order valence-electron chi connectivity index (χ2n) is 3.49. The van der Waals surface area contributed by atoms with Gasteiger partial charge in [0, 0.05) is 16.9 Å². The molecule has 2 nitrogen and oxygen atoms in total. The highest BCUT2D eigenvalue weighted by molar-refractivity contribution is 9.10. The summed E-state index contributed by atoms with van der Waals surface area (Å²) >= 11 is 9.38. The van der Waals surface area contributed by atoms with E-state index in [9.17, 15) is 0 Å². The number of hydrazine groups is 1. The van der Waals surface area contributed by atoms with E-state index in [2.05, 4.69) is 27.3 Å². The molecule has 1 aromatic rings. The molecule has 0 radical (unpaired) electrons. The summed E-state index contributed by atoms with van der Waals surface area (Å²) in [5.74, 6) is 8.14. The molecule has 16 heavy (non-hydrogen) atoms. The normalized spacial score (nSPS) is 12.1. The summed E-state index contributed by atoms with van der Waals surface area (Å²) in [5.41, 5.74) is 3.86. The fraction of sp³-hybridized carbons (Fsp3) is 0.333. The lowest BCUT2D eigenvalue weighted by atomic mass is 10.0. The number of terminal acetylenes is 1. The third kappa shape index (κ3) is 3.80. The van der Waals surface area contributed by atoms with E-state index in [-0.39, 0.29) is 6.04 Å². The Morgan fingerprint density at radius 1 is 1.56 bits per heavy atom. The van der Waals surface area contributed by atoms with E-state index in [1.54, 1.807) is 0 Å². The van der Waals surface area contributed by atoms with Gasteiger partial charge in [-0.1, -0.05) is 17.7 Å². The second kappa shape index (κ2) is 6.93. The molecule has 0 fully saturated rings. The molecule has 0 saturated carbocycles. The standard InChI is InChI=1S/C12H14BrClN2/c1-2-3-4-5-12(16-15)9-6-7-10(13)11(14)8-9/h1,6-8,12,16H,3-5,15H2. The van der Waals surface area contributed by atoms with E-state index in [0.717, 1.165) is 29.3 Å². The van der Waals surface area contributed by atoms with Crippen LogP contribution < -0.4 is 11.3 Å². The third-order valence-electron chi connectivity index (χ3n) is 2.36. The first-order chi connectivity index (χ1) is 7.69. The minimum atomic E-state index is 0.0962. The van der Waals surface area contributed by atoms with Crippen molar-refractivity contribution in [2.75, 3.05) is 0 Å². The Bertz CT molecular complexity index is 387. The quantitative estimate of drug-likeness (QED) is 0.378. The van der Waals surface area contributed by atoms with Crippen LogP contribution in [0.25, 0.3) is 0 Å². The molecule has 0 aliphatic heterocycles. The van der Waals surface area contributed by atoms with Crippen molar-refractivity contribution < 1.29 is 0 Å². The molecule has 0 saturated heterocycles. The molecule has 4 heteroatoms. The molecule has 0 spiro atoms. The summed E-state index contributed by atoms with van der Waals surface area (Å²) in [4.78, 5) is 0. The number of hydrogen-bond acceptors (Lipinski definition) is 2. The van der Waals surface area contributed by atoms with Crippen LogP contribution in [0.3, 0.4) is 0 Å². The Balaban J connectivity index is 2.71. The molecule has 1 unspecified atom stereocenters. The lowest BCUT2D eigenvalue weighted by Crippen LogP contribution is -2.27. The maximum atomic E-state index is 6.03. The SMILES string of the molecule is C#CCCCC(NN)c1ccc(Br)c(Cl)c1. The Hall–Kier alpha value is -0.530.